The zero-order valence-electron chi connectivity index (χ0n) is 6.49. The van der Waals surface area contributed by atoms with E-state index in [1.165, 1.54) is 6.07 Å². The highest BCUT2D eigenvalue weighted by atomic mass is 79.9. The van der Waals surface area contributed by atoms with Crippen LogP contribution in [0.5, 0.6) is 0 Å². The molecular weight excluding hydrogens is 242 g/mol. The minimum absolute atomic E-state index is 0.192. The van der Waals surface area contributed by atoms with Gasteiger partial charge in [0, 0.05) is 5.33 Å². The fourth-order valence-corrected chi connectivity index (χ4v) is 1.36. The summed E-state index contributed by atoms with van der Waals surface area (Å²) in [5, 5.41) is 1.13. The smallest absolute Gasteiger partial charge is 0.142 e. The molecule has 12 heavy (non-hydrogen) atoms. The molecule has 0 radical (unpaired) electrons. The van der Waals surface area contributed by atoms with E-state index >= 15 is 0 Å². The van der Waals surface area contributed by atoms with E-state index in [0.717, 1.165) is 23.7 Å². The highest BCUT2D eigenvalue weighted by molar-refractivity contribution is 9.09. The lowest BCUT2D eigenvalue weighted by atomic mass is 10.1. The third-order valence-electron chi connectivity index (χ3n) is 1.58. The van der Waals surface area contributed by atoms with Crippen LogP contribution >= 0.6 is 27.5 Å². The van der Waals surface area contributed by atoms with Crippen LogP contribution in [0.3, 0.4) is 0 Å². The van der Waals surface area contributed by atoms with Gasteiger partial charge in [-0.05, 0) is 30.5 Å². The largest absolute Gasteiger partial charge is 0.205 e. The zero-order valence-corrected chi connectivity index (χ0v) is 8.83. The zero-order chi connectivity index (χ0) is 8.97. The Hall–Kier alpha value is -0.0800. The van der Waals surface area contributed by atoms with Crippen molar-refractivity contribution >= 4 is 27.5 Å². The lowest BCUT2D eigenvalue weighted by Gasteiger charge is -1.99. The third kappa shape index (κ3) is 2.76. The van der Waals surface area contributed by atoms with Gasteiger partial charge in [0.2, 0.25) is 0 Å². The van der Waals surface area contributed by atoms with Crippen molar-refractivity contribution in [2.75, 3.05) is 5.33 Å². The van der Waals surface area contributed by atoms with Crippen LogP contribution in [0, 0.1) is 5.82 Å². The summed E-state index contributed by atoms with van der Waals surface area (Å²) >= 11 is 8.85. The molecule has 0 atom stereocenters. The van der Waals surface area contributed by atoms with Crippen LogP contribution in [0.4, 0.5) is 4.39 Å². The van der Waals surface area contributed by atoms with Gasteiger partial charge in [-0.1, -0.05) is 33.6 Å². The summed E-state index contributed by atoms with van der Waals surface area (Å²) in [6.07, 6.45) is 1.90. The van der Waals surface area contributed by atoms with Crippen LogP contribution in [0.2, 0.25) is 5.02 Å². The highest BCUT2D eigenvalue weighted by Crippen LogP contribution is 2.16. The van der Waals surface area contributed by atoms with Crippen molar-refractivity contribution < 1.29 is 4.39 Å². The van der Waals surface area contributed by atoms with Crippen molar-refractivity contribution in [2.45, 2.75) is 12.8 Å². The molecule has 0 bridgehead atoms. The molecule has 0 unspecified atom stereocenters. The van der Waals surface area contributed by atoms with Crippen molar-refractivity contribution in [1.82, 2.24) is 0 Å². The summed E-state index contributed by atoms with van der Waals surface area (Å²) in [5.74, 6) is -0.330. The third-order valence-corrected chi connectivity index (χ3v) is 2.45. The Morgan fingerprint density at radius 3 is 2.75 bits per heavy atom. The molecule has 3 heteroatoms. The SMILES string of the molecule is Fc1cc(CCCBr)ccc1Cl. The molecule has 0 aliphatic rings. The Morgan fingerprint density at radius 1 is 1.42 bits per heavy atom. The maximum Gasteiger partial charge on any atom is 0.142 e. The van der Waals surface area contributed by atoms with Gasteiger partial charge in [0.1, 0.15) is 5.82 Å². The Balaban J connectivity index is 2.69. The lowest BCUT2D eigenvalue weighted by Crippen LogP contribution is -1.87. The number of hydrogen-bond donors (Lipinski definition) is 0. The van der Waals surface area contributed by atoms with Gasteiger partial charge in [0.15, 0.2) is 0 Å². The molecule has 0 heterocycles. The normalized spacial score (nSPS) is 10.2. The van der Waals surface area contributed by atoms with E-state index in [0.29, 0.717) is 0 Å². The van der Waals surface area contributed by atoms with Crippen molar-refractivity contribution in [1.29, 1.82) is 0 Å². The Morgan fingerprint density at radius 2 is 2.17 bits per heavy atom. The van der Waals surface area contributed by atoms with E-state index in [-0.39, 0.29) is 10.8 Å². The first kappa shape index (κ1) is 10.0. The first-order valence-corrected chi connectivity index (χ1v) is 5.24. The minimum atomic E-state index is -0.330. The molecule has 1 aromatic carbocycles. The van der Waals surface area contributed by atoms with Crippen molar-refractivity contribution in [3.05, 3.63) is 34.6 Å². The predicted molar refractivity (Wildman–Crippen MR) is 53.5 cm³/mol. The fourth-order valence-electron chi connectivity index (χ4n) is 0.966. The number of alkyl halides is 1. The predicted octanol–water partition coefficient (Wildman–Crippen LogP) is 3.81. The van der Waals surface area contributed by atoms with E-state index in [4.69, 9.17) is 11.6 Å². The second kappa shape index (κ2) is 4.83. The van der Waals surface area contributed by atoms with Crippen LogP contribution in [0.15, 0.2) is 18.2 Å². The van der Waals surface area contributed by atoms with Crippen molar-refractivity contribution in [3.8, 4) is 0 Å². The first-order valence-electron chi connectivity index (χ1n) is 3.74. The van der Waals surface area contributed by atoms with Gasteiger partial charge in [0.05, 0.1) is 5.02 Å². The van der Waals surface area contributed by atoms with Crippen LogP contribution < -0.4 is 0 Å². The van der Waals surface area contributed by atoms with E-state index in [1.807, 2.05) is 6.07 Å². The molecule has 1 rings (SSSR count). The molecule has 0 fully saturated rings. The summed E-state index contributed by atoms with van der Waals surface area (Å²) in [5.41, 5.74) is 0.997. The van der Waals surface area contributed by atoms with E-state index in [1.54, 1.807) is 6.07 Å². The molecule has 1 aromatic rings. The molecule has 0 saturated heterocycles. The molecule has 0 saturated carbocycles. The molecule has 0 aromatic heterocycles. The molecular formula is C9H9BrClF. The molecule has 0 amide bonds. The van der Waals surface area contributed by atoms with Gasteiger partial charge in [-0.25, -0.2) is 4.39 Å². The Bertz CT molecular complexity index is 263. The van der Waals surface area contributed by atoms with Gasteiger partial charge >= 0.3 is 0 Å². The first-order chi connectivity index (χ1) is 5.74. The summed E-state index contributed by atoms with van der Waals surface area (Å²) < 4.78 is 12.9. The number of benzene rings is 1. The molecule has 0 spiro atoms. The summed E-state index contributed by atoms with van der Waals surface area (Å²) in [6.45, 7) is 0. The van der Waals surface area contributed by atoms with Crippen molar-refractivity contribution in [3.63, 3.8) is 0 Å². The van der Waals surface area contributed by atoms with E-state index in [9.17, 15) is 4.39 Å². The number of hydrogen-bond acceptors (Lipinski definition) is 0. The van der Waals surface area contributed by atoms with Crippen molar-refractivity contribution in [2.24, 2.45) is 0 Å². The maximum atomic E-state index is 12.9. The van der Waals surface area contributed by atoms with Gasteiger partial charge in [-0.3, -0.25) is 0 Å². The van der Waals surface area contributed by atoms with E-state index in [2.05, 4.69) is 15.9 Å². The molecule has 0 aliphatic carbocycles. The highest BCUT2D eigenvalue weighted by Gasteiger charge is 1.99. The van der Waals surface area contributed by atoms with Gasteiger partial charge in [0.25, 0.3) is 0 Å². The average Bonchev–Trinajstić information content (AvgIpc) is 2.07. The molecule has 0 nitrogen and oxygen atoms in total. The second-order valence-corrected chi connectivity index (χ2v) is 3.74. The van der Waals surface area contributed by atoms with E-state index < -0.39 is 0 Å². The summed E-state index contributed by atoms with van der Waals surface area (Å²) in [7, 11) is 0. The quantitative estimate of drug-likeness (QED) is 0.717. The maximum absolute atomic E-state index is 12.9. The number of aryl methyl sites for hydroxylation is 1. The van der Waals surface area contributed by atoms with Crippen LogP contribution in [-0.2, 0) is 6.42 Å². The fraction of sp³-hybridized carbons (Fsp3) is 0.333. The van der Waals surface area contributed by atoms with Gasteiger partial charge in [-0.2, -0.15) is 0 Å². The van der Waals surface area contributed by atoms with Gasteiger partial charge < -0.3 is 0 Å². The molecule has 0 aliphatic heterocycles. The van der Waals surface area contributed by atoms with Gasteiger partial charge in [-0.15, -0.1) is 0 Å². The minimum Gasteiger partial charge on any atom is -0.205 e. The average molecular weight is 252 g/mol. The number of halogens is 3. The topological polar surface area (TPSA) is 0 Å². The Kier molecular flexibility index (Phi) is 4.02. The molecule has 0 N–H and O–H groups in total. The standard InChI is InChI=1S/C9H9BrClF/c10-5-1-2-7-3-4-8(11)9(12)6-7/h3-4,6H,1-2,5H2. The van der Waals surface area contributed by atoms with Crippen LogP contribution in [0.1, 0.15) is 12.0 Å². The summed E-state index contributed by atoms with van der Waals surface area (Å²) in [4.78, 5) is 0. The lowest BCUT2D eigenvalue weighted by molar-refractivity contribution is 0.625. The second-order valence-electron chi connectivity index (χ2n) is 2.54. The monoisotopic (exact) mass is 250 g/mol. The van der Waals surface area contributed by atoms with Crippen LogP contribution in [-0.4, -0.2) is 5.33 Å². The summed E-state index contributed by atoms with van der Waals surface area (Å²) in [6, 6.07) is 4.94. The van der Waals surface area contributed by atoms with Crippen LogP contribution in [0.25, 0.3) is 0 Å². The number of rotatable bonds is 3. The Labute approximate surface area is 84.9 Å². The molecule has 66 valence electrons.